The first-order valence-corrected chi connectivity index (χ1v) is 12.7. The van der Waals surface area contributed by atoms with Gasteiger partial charge in [-0.25, -0.2) is 24.3 Å². The number of allylic oxidation sites excluding steroid dienone is 2. The number of benzene rings is 4. The largest absolute Gasteiger partial charge is 4.00 e. The van der Waals surface area contributed by atoms with Gasteiger partial charge in [-0.05, 0) is 0 Å². The number of hydrogen-bond donors (Lipinski definition) is 0. The van der Waals surface area contributed by atoms with Crippen molar-refractivity contribution in [1.82, 2.24) is 0 Å². The molecule has 0 saturated carbocycles. The van der Waals surface area contributed by atoms with Gasteiger partial charge >= 0.3 is 26.2 Å². The fourth-order valence-electron chi connectivity index (χ4n) is 3.74. The Morgan fingerprint density at radius 2 is 0.641 bits per heavy atom. The first-order valence-electron chi connectivity index (χ1n) is 12.7. The molecule has 6 aromatic rings. The molecule has 0 heterocycles. The Balaban J connectivity index is 0.000000319. The van der Waals surface area contributed by atoms with E-state index in [9.17, 15) is 0 Å². The van der Waals surface area contributed by atoms with Gasteiger partial charge in [-0.1, -0.05) is 97.1 Å². The van der Waals surface area contributed by atoms with Crippen LogP contribution in [0.3, 0.4) is 0 Å². The fourth-order valence-corrected chi connectivity index (χ4v) is 3.74. The normalized spacial score (nSPS) is 10.7. The van der Waals surface area contributed by atoms with E-state index in [0.29, 0.717) is 0 Å². The quantitative estimate of drug-likeness (QED) is 0.109. The molecule has 0 atom stereocenters. The van der Waals surface area contributed by atoms with Crippen LogP contribution in [0.2, 0.25) is 0 Å². The average Bonchev–Trinajstić information content (AvgIpc) is 3.77. The average molecular weight is 578 g/mol. The zero-order valence-corrected chi connectivity index (χ0v) is 24.3. The van der Waals surface area contributed by atoms with Crippen molar-refractivity contribution in [3.8, 4) is 0 Å². The summed E-state index contributed by atoms with van der Waals surface area (Å²) in [5, 5.41) is 0. The Morgan fingerprint density at radius 3 is 0.897 bits per heavy atom. The summed E-state index contributed by atoms with van der Waals surface area (Å²) >= 11 is 0. The van der Waals surface area contributed by atoms with Crippen LogP contribution in [0, 0.1) is 12.2 Å². The third-order valence-corrected chi connectivity index (χ3v) is 5.57. The molecule has 0 bridgehead atoms. The molecule has 0 saturated heterocycles. The van der Waals surface area contributed by atoms with Gasteiger partial charge in [-0.2, -0.15) is 59.7 Å². The Bertz CT molecular complexity index is 1290. The summed E-state index contributed by atoms with van der Waals surface area (Å²) in [6.07, 6.45) is 7.26. The molecule has 0 spiro atoms. The minimum Gasteiger partial charge on any atom is -0.214 e. The first-order chi connectivity index (χ1) is 18.9. The number of hydrogen-bond acceptors (Lipinski definition) is 0. The van der Waals surface area contributed by atoms with Crippen LogP contribution in [0.5, 0.6) is 0 Å². The van der Waals surface area contributed by atoms with Gasteiger partial charge in [-0.15, -0.1) is 46.5 Å². The van der Waals surface area contributed by atoms with Gasteiger partial charge in [0.1, 0.15) is 0 Å². The van der Waals surface area contributed by atoms with E-state index in [2.05, 4.69) is 84.9 Å². The second-order valence-corrected chi connectivity index (χ2v) is 8.39. The van der Waals surface area contributed by atoms with Crippen LogP contribution < -0.4 is 0 Å². The van der Waals surface area contributed by atoms with E-state index in [1.807, 2.05) is 109 Å². The molecule has 6 rings (SSSR count). The summed E-state index contributed by atoms with van der Waals surface area (Å²) in [5.41, 5.74) is 6.39. The molecule has 0 radical (unpaired) electrons. The molecule has 0 amide bonds. The minimum atomic E-state index is 0. The van der Waals surface area contributed by atoms with E-state index in [1.165, 1.54) is 0 Å². The second-order valence-electron chi connectivity index (χ2n) is 8.39. The molecule has 6 aromatic carbocycles. The summed E-state index contributed by atoms with van der Waals surface area (Å²) in [6.45, 7) is 0. The predicted molar refractivity (Wildman–Crippen MR) is 161 cm³/mol. The van der Waals surface area contributed by atoms with Crippen molar-refractivity contribution in [2.45, 2.75) is 0 Å². The van der Waals surface area contributed by atoms with E-state index >= 15 is 0 Å². The fraction of sp³-hybridized carbons (Fsp3) is 0. The summed E-state index contributed by atoms with van der Waals surface area (Å²) in [6, 6.07) is 61.3. The van der Waals surface area contributed by atoms with E-state index in [4.69, 9.17) is 0 Å². The molecule has 0 unspecified atom stereocenters. The molecule has 0 aromatic heterocycles. The molecule has 0 aliphatic rings. The maximum Gasteiger partial charge on any atom is 4.00 e. The van der Waals surface area contributed by atoms with Gasteiger partial charge < -0.3 is 0 Å². The molecule has 0 aliphatic carbocycles. The Labute approximate surface area is 252 Å². The molecular weight excluding hydrogens is 548 g/mol. The van der Waals surface area contributed by atoms with Crippen molar-refractivity contribution in [2.24, 2.45) is 0 Å². The molecule has 0 fully saturated rings. The van der Waals surface area contributed by atoms with Gasteiger partial charge in [0.2, 0.25) is 0 Å². The Kier molecular flexibility index (Phi) is 13.2. The second kappa shape index (κ2) is 17.5. The predicted octanol–water partition coefficient (Wildman–Crippen LogP) is 9.67. The van der Waals surface area contributed by atoms with Crippen molar-refractivity contribution in [2.75, 3.05) is 0 Å². The van der Waals surface area contributed by atoms with Crippen LogP contribution in [-0.2, 0) is 26.2 Å². The van der Waals surface area contributed by atoms with Gasteiger partial charge in [0.15, 0.2) is 0 Å². The van der Waals surface area contributed by atoms with Crippen molar-refractivity contribution >= 4 is 11.1 Å². The first kappa shape index (κ1) is 29.5. The van der Waals surface area contributed by atoms with Gasteiger partial charge in [0, 0.05) is 0 Å². The van der Waals surface area contributed by atoms with Crippen molar-refractivity contribution in [3.63, 3.8) is 0 Å². The zero-order valence-electron chi connectivity index (χ0n) is 21.8. The van der Waals surface area contributed by atoms with E-state index in [1.54, 1.807) is 0 Å². The van der Waals surface area contributed by atoms with Gasteiger partial charge in [0.05, 0.1) is 0 Å². The summed E-state index contributed by atoms with van der Waals surface area (Å²) in [5.74, 6) is 0. The molecule has 0 nitrogen and oxygen atoms in total. The van der Waals surface area contributed by atoms with Crippen LogP contribution in [0.25, 0.3) is 11.1 Å². The third-order valence-electron chi connectivity index (χ3n) is 5.57. The molecule has 0 aliphatic heterocycles. The summed E-state index contributed by atoms with van der Waals surface area (Å²) in [4.78, 5) is 0. The maximum atomic E-state index is 3.63. The van der Waals surface area contributed by atoms with Crippen LogP contribution in [-0.4, -0.2) is 0 Å². The van der Waals surface area contributed by atoms with E-state index in [-0.39, 0.29) is 26.2 Å². The van der Waals surface area contributed by atoms with Gasteiger partial charge in [-0.3, -0.25) is 0 Å². The standard InChI is InChI=1S/C28H20.2C5H5.Zr/c1-5-13-23(14-6-1)21-27(25-17-9-3-10-18-25)28(26-19-11-4-12-20-26)22-24-15-7-2-8-16-24;2*1-2-4-5-3-1;/h1-20H;2*1-5H;/q-2;2*-1;+4. The molecule has 186 valence electrons. The van der Waals surface area contributed by atoms with Crippen LogP contribution in [0.15, 0.2) is 182 Å². The number of rotatable bonds is 5. The smallest absolute Gasteiger partial charge is 0.214 e. The van der Waals surface area contributed by atoms with Crippen LogP contribution >= 0.6 is 0 Å². The summed E-state index contributed by atoms with van der Waals surface area (Å²) in [7, 11) is 0. The van der Waals surface area contributed by atoms with E-state index in [0.717, 1.165) is 33.4 Å². The van der Waals surface area contributed by atoms with E-state index < -0.39 is 0 Å². The minimum absolute atomic E-state index is 0. The summed E-state index contributed by atoms with van der Waals surface area (Å²) < 4.78 is 0. The topological polar surface area (TPSA) is 0 Å². The maximum absolute atomic E-state index is 3.63. The monoisotopic (exact) mass is 576 g/mol. The molecular formula is C38H30Zr. The molecule has 1 heteroatoms. The van der Waals surface area contributed by atoms with Crippen LogP contribution in [0.1, 0.15) is 22.3 Å². The Hall–Kier alpha value is -4.06. The Morgan fingerprint density at radius 1 is 0.359 bits per heavy atom. The van der Waals surface area contributed by atoms with Crippen molar-refractivity contribution in [1.29, 1.82) is 0 Å². The van der Waals surface area contributed by atoms with Gasteiger partial charge in [0.25, 0.3) is 0 Å². The van der Waals surface area contributed by atoms with Crippen molar-refractivity contribution in [3.05, 3.63) is 216 Å². The molecule has 39 heavy (non-hydrogen) atoms. The third kappa shape index (κ3) is 10.3. The molecule has 0 N–H and O–H groups in total. The zero-order chi connectivity index (χ0) is 26.1. The SMILES string of the molecule is [C-](=C(C(=[C-]c1ccccc1)c1ccccc1)c1ccccc1)c1ccccc1.[Zr+4].c1cc[cH-]c1.c1cc[cH-]c1. The van der Waals surface area contributed by atoms with Crippen LogP contribution in [0.4, 0.5) is 0 Å². The van der Waals surface area contributed by atoms with Crippen molar-refractivity contribution < 1.29 is 26.2 Å².